The first-order valence-corrected chi connectivity index (χ1v) is 3.45. The highest BCUT2D eigenvalue weighted by Gasteiger charge is 2.35. The van der Waals surface area contributed by atoms with Crippen LogP contribution in [0.15, 0.2) is 0 Å². The van der Waals surface area contributed by atoms with Crippen molar-refractivity contribution in [2.45, 2.75) is 25.0 Å². The highest BCUT2D eigenvalue weighted by atomic mass is 16.5. The summed E-state index contributed by atoms with van der Waals surface area (Å²) in [7, 11) is 0. The van der Waals surface area contributed by atoms with Gasteiger partial charge in [0, 0.05) is 5.92 Å². The van der Waals surface area contributed by atoms with Crippen molar-refractivity contribution in [3.63, 3.8) is 0 Å². The van der Waals surface area contributed by atoms with Crippen molar-refractivity contribution in [1.82, 2.24) is 5.48 Å². The van der Waals surface area contributed by atoms with Gasteiger partial charge >= 0.3 is 0 Å². The van der Waals surface area contributed by atoms with Crippen LogP contribution < -0.4 is 5.48 Å². The lowest BCUT2D eigenvalue weighted by Crippen LogP contribution is -2.26. The molecular formula is C6H11NO4. The van der Waals surface area contributed by atoms with Crippen LogP contribution in [0.1, 0.15) is 12.8 Å². The molecule has 2 unspecified atom stereocenters. The summed E-state index contributed by atoms with van der Waals surface area (Å²) in [6.07, 6.45) is -1.24. The summed E-state index contributed by atoms with van der Waals surface area (Å²) in [5.74, 6) is -1.01. The van der Waals surface area contributed by atoms with E-state index in [-0.39, 0.29) is 12.8 Å². The molecular weight excluding hydrogens is 150 g/mol. The maximum Gasteiger partial charge on any atom is 0.246 e. The molecule has 0 spiro atoms. The summed E-state index contributed by atoms with van der Waals surface area (Å²) in [4.78, 5) is 10.7. The third kappa shape index (κ3) is 1.68. The predicted octanol–water partition coefficient (Wildman–Crippen LogP) is -1.38. The van der Waals surface area contributed by atoms with Gasteiger partial charge in [-0.2, -0.15) is 0 Å². The molecule has 0 aliphatic heterocycles. The molecule has 0 saturated heterocycles. The van der Waals surface area contributed by atoms with Gasteiger partial charge in [-0.1, -0.05) is 0 Å². The normalized spacial score (nSPS) is 37.2. The van der Waals surface area contributed by atoms with Crippen molar-refractivity contribution in [3.8, 4) is 0 Å². The van der Waals surface area contributed by atoms with Gasteiger partial charge in [-0.25, -0.2) is 5.48 Å². The minimum atomic E-state index is -0.836. The van der Waals surface area contributed by atoms with E-state index in [1.165, 1.54) is 5.48 Å². The van der Waals surface area contributed by atoms with Gasteiger partial charge in [-0.3, -0.25) is 10.0 Å². The second-order valence-corrected chi connectivity index (χ2v) is 2.78. The Hall–Kier alpha value is -0.650. The number of carbonyl (C=O) groups is 1. The van der Waals surface area contributed by atoms with Gasteiger partial charge in [0.2, 0.25) is 5.91 Å². The lowest BCUT2D eigenvalue weighted by molar-refractivity contribution is -0.133. The molecule has 11 heavy (non-hydrogen) atoms. The highest BCUT2D eigenvalue weighted by Crippen LogP contribution is 2.25. The fourth-order valence-corrected chi connectivity index (χ4v) is 1.30. The van der Waals surface area contributed by atoms with Crippen LogP contribution in [0.2, 0.25) is 0 Å². The number of hydrogen-bond donors (Lipinski definition) is 4. The molecule has 5 nitrogen and oxygen atoms in total. The van der Waals surface area contributed by atoms with E-state index in [4.69, 9.17) is 15.4 Å². The van der Waals surface area contributed by atoms with Gasteiger partial charge in [0.1, 0.15) is 0 Å². The van der Waals surface area contributed by atoms with Gasteiger partial charge in [0.05, 0.1) is 12.2 Å². The molecule has 1 saturated carbocycles. The second-order valence-electron chi connectivity index (χ2n) is 2.78. The van der Waals surface area contributed by atoms with Gasteiger partial charge in [-0.05, 0) is 12.8 Å². The van der Waals surface area contributed by atoms with E-state index in [0.717, 1.165) is 0 Å². The largest absolute Gasteiger partial charge is 0.390 e. The Morgan fingerprint density at radius 2 is 1.73 bits per heavy atom. The molecule has 0 aromatic carbocycles. The van der Waals surface area contributed by atoms with Crippen molar-refractivity contribution in [2.75, 3.05) is 0 Å². The van der Waals surface area contributed by atoms with Crippen LogP contribution in [-0.2, 0) is 4.79 Å². The molecule has 1 fully saturated rings. The van der Waals surface area contributed by atoms with E-state index in [0.29, 0.717) is 0 Å². The van der Waals surface area contributed by atoms with Crippen molar-refractivity contribution in [2.24, 2.45) is 5.92 Å². The lowest BCUT2D eigenvalue weighted by Gasteiger charge is -2.03. The Morgan fingerprint density at radius 3 is 2.09 bits per heavy atom. The maximum atomic E-state index is 10.7. The van der Waals surface area contributed by atoms with Crippen molar-refractivity contribution < 1.29 is 20.2 Å². The molecule has 0 bridgehead atoms. The minimum Gasteiger partial charge on any atom is -0.390 e. The summed E-state index contributed by atoms with van der Waals surface area (Å²) >= 11 is 0. The summed E-state index contributed by atoms with van der Waals surface area (Å²) in [6, 6.07) is 0. The molecule has 0 heterocycles. The van der Waals surface area contributed by atoms with E-state index < -0.39 is 24.0 Å². The molecule has 1 amide bonds. The lowest BCUT2D eigenvalue weighted by atomic mass is 10.1. The molecule has 4 N–H and O–H groups in total. The van der Waals surface area contributed by atoms with Crippen LogP contribution in [-0.4, -0.2) is 33.5 Å². The van der Waals surface area contributed by atoms with Crippen molar-refractivity contribution in [1.29, 1.82) is 0 Å². The summed E-state index contributed by atoms with van der Waals surface area (Å²) < 4.78 is 0. The first-order chi connectivity index (χ1) is 5.15. The average molecular weight is 161 g/mol. The van der Waals surface area contributed by atoms with E-state index >= 15 is 0 Å². The number of nitrogens with one attached hydrogen (secondary N) is 1. The van der Waals surface area contributed by atoms with Crippen LogP contribution in [0.3, 0.4) is 0 Å². The van der Waals surface area contributed by atoms with Crippen LogP contribution in [0.4, 0.5) is 0 Å². The molecule has 0 aromatic rings. The molecule has 1 aliphatic carbocycles. The zero-order valence-corrected chi connectivity index (χ0v) is 5.90. The van der Waals surface area contributed by atoms with Gasteiger partial charge in [-0.15, -0.1) is 0 Å². The standard InChI is InChI=1S/C6H11NO4/c8-4-1-3(2-5(4)9)6(10)7-11/h3-5,8-9,11H,1-2H2,(H,7,10). The molecule has 2 atom stereocenters. The number of carbonyl (C=O) groups excluding carboxylic acids is 1. The first kappa shape index (κ1) is 8.45. The minimum absolute atomic E-state index is 0.216. The summed E-state index contributed by atoms with van der Waals surface area (Å²) in [6.45, 7) is 0. The Bertz CT molecular complexity index is 151. The topological polar surface area (TPSA) is 89.8 Å². The number of hydrogen-bond acceptors (Lipinski definition) is 4. The van der Waals surface area contributed by atoms with Gasteiger partial charge in [0.15, 0.2) is 0 Å². The Labute approximate surface area is 63.6 Å². The molecule has 1 aliphatic rings. The number of rotatable bonds is 1. The Kier molecular flexibility index (Phi) is 2.43. The van der Waals surface area contributed by atoms with Crippen LogP contribution in [0.5, 0.6) is 0 Å². The van der Waals surface area contributed by atoms with Gasteiger partial charge in [0.25, 0.3) is 0 Å². The molecule has 5 heteroatoms. The van der Waals surface area contributed by atoms with E-state index in [1.54, 1.807) is 0 Å². The fourth-order valence-electron chi connectivity index (χ4n) is 1.30. The van der Waals surface area contributed by atoms with E-state index in [2.05, 4.69) is 0 Å². The van der Waals surface area contributed by atoms with E-state index in [9.17, 15) is 4.79 Å². The molecule has 0 aromatic heterocycles. The van der Waals surface area contributed by atoms with Crippen molar-refractivity contribution in [3.05, 3.63) is 0 Å². The van der Waals surface area contributed by atoms with Crippen LogP contribution in [0, 0.1) is 5.92 Å². The van der Waals surface area contributed by atoms with E-state index in [1.807, 2.05) is 0 Å². The molecule has 1 rings (SSSR count). The zero-order valence-electron chi connectivity index (χ0n) is 5.90. The SMILES string of the molecule is O=C(NO)C1CC(O)C(O)C1. The number of hydroxylamine groups is 1. The van der Waals surface area contributed by atoms with Gasteiger partial charge < -0.3 is 10.2 Å². The third-order valence-corrected chi connectivity index (χ3v) is 1.98. The first-order valence-electron chi connectivity index (χ1n) is 3.45. The second kappa shape index (κ2) is 3.17. The Morgan fingerprint density at radius 1 is 1.27 bits per heavy atom. The van der Waals surface area contributed by atoms with Crippen molar-refractivity contribution >= 4 is 5.91 Å². The summed E-state index contributed by atoms with van der Waals surface area (Å²) in [5.41, 5.74) is 1.49. The quantitative estimate of drug-likeness (QED) is 0.282. The number of aliphatic hydroxyl groups excluding tert-OH is 2. The monoisotopic (exact) mass is 161 g/mol. The predicted molar refractivity (Wildman–Crippen MR) is 34.7 cm³/mol. The maximum absolute atomic E-state index is 10.7. The smallest absolute Gasteiger partial charge is 0.246 e. The average Bonchev–Trinajstić information content (AvgIpc) is 2.31. The Balaban J connectivity index is 2.46. The highest BCUT2D eigenvalue weighted by molar-refractivity contribution is 5.77. The third-order valence-electron chi connectivity index (χ3n) is 1.98. The van der Waals surface area contributed by atoms with Crippen LogP contribution >= 0.6 is 0 Å². The molecule has 0 radical (unpaired) electrons. The molecule has 64 valence electrons. The fraction of sp³-hybridized carbons (Fsp3) is 0.833. The zero-order chi connectivity index (χ0) is 8.43. The summed E-state index contributed by atoms with van der Waals surface area (Å²) in [5, 5.41) is 26.2. The number of aliphatic hydroxyl groups is 2. The van der Waals surface area contributed by atoms with Crippen LogP contribution in [0.25, 0.3) is 0 Å². The number of amides is 1.